The average molecular weight is 414 g/mol. The van der Waals surface area contributed by atoms with Gasteiger partial charge in [0, 0.05) is 37.4 Å². The van der Waals surface area contributed by atoms with E-state index in [2.05, 4.69) is 43.1 Å². The Balaban J connectivity index is 1.57. The van der Waals surface area contributed by atoms with Crippen LogP contribution in [0.1, 0.15) is 38.7 Å². The zero-order chi connectivity index (χ0) is 21.0. The van der Waals surface area contributed by atoms with Crippen LogP contribution in [0.2, 0.25) is 0 Å². The lowest BCUT2D eigenvalue weighted by molar-refractivity contribution is -1.03. The van der Waals surface area contributed by atoms with Gasteiger partial charge in [-0.2, -0.15) is 0 Å². The van der Waals surface area contributed by atoms with Gasteiger partial charge in [0.15, 0.2) is 12.8 Å². The first-order valence-electron chi connectivity index (χ1n) is 11.6. The third-order valence-electron chi connectivity index (χ3n) is 9.83. The van der Waals surface area contributed by atoms with Crippen LogP contribution in [-0.4, -0.2) is 71.3 Å². The zero-order valence-electron chi connectivity index (χ0n) is 18.1. The van der Waals surface area contributed by atoms with E-state index in [-0.39, 0.29) is 47.9 Å². The lowest BCUT2D eigenvalue weighted by Crippen LogP contribution is -2.83. The van der Waals surface area contributed by atoms with Crippen LogP contribution in [0.5, 0.6) is 0 Å². The third kappa shape index (κ3) is 1.83. The molecule has 0 aromatic heterocycles. The van der Waals surface area contributed by atoms with Crippen molar-refractivity contribution in [2.24, 2.45) is 17.8 Å². The summed E-state index contributed by atoms with van der Waals surface area (Å²) in [7, 11) is 2.14. The minimum atomic E-state index is -0.565. The Morgan fingerprint density at radius 2 is 2.03 bits per heavy atom. The molecule has 6 heteroatoms. The first-order chi connectivity index (χ1) is 14.4. The molecule has 162 valence electrons. The highest BCUT2D eigenvalue weighted by molar-refractivity contribution is 5.71. The second kappa shape index (κ2) is 5.99. The molecular formula is C24H33N2O4+. The Labute approximate surface area is 178 Å². The largest absolute Gasteiger partial charge is 0.462 e. The molecule has 6 nitrogen and oxygen atoms in total. The number of quaternary nitrogens is 1. The number of piperidine rings is 4. The van der Waals surface area contributed by atoms with Crippen LogP contribution in [0.15, 0.2) is 24.3 Å². The minimum Gasteiger partial charge on any atom is -0.462 e. The van der Waals surface area contributed by atoms with Crippen LogP contribution < -0.4 is 4.90 Å². The molecule has 10 atom stereocenters. The molecule has 6 aliphatic rings. The second-order valence-corrected chi connectivity index (χ2v) is 10.3. The van der Waals surface area contributed by atoms with Gasteiger partial charge in [-0.15, -0.1) is 0 Å². The zero-order valence-corrected chi connectivity index (χ0v) is 18.1. The monoisotopic (exact) mass is 413 g/mol. The molecule has 0 amide bonds. The van der Waals surface area contributed by atoms with Crippen molar-refractivity contribution in [2.75, 3.05) is 25.1 Å². The predicted molar refractivity (Wildman–Crippen MR) is 112 cm³/mol. The molecule has 1 saturated carbocycles. The normalized spacial score (nSPS) is 49.3. The van der Waals surface area contributed by atoms with Crippen molar-refractivity contribution in [3.05, 3.63) is 29.8 Å². The predicted octanol–water partition coefficient (Wildman–Crippen LogP) is 1.63. The Hall–Kier alpha value is -1.63. The van der Waals surface area contributed by atoms with Crippen LogP contribution in [0.25, 0.3) is 0 Å². The smallest absolute Gasteiger partial charge is 0.361 e. The van der Waals surface area contributed by atoms with Gasteiger partial charge in [0.05, 0.1) is 30.2 Å². The van der Waals surface area contributed by atoms with Gasteiger partial charge in [-0.25, -0.2) is 4.79 Å². The quantitative estimate of drug-likeness (QED) is 0.580. The van der Waals surface area contributed by atoms with E-state index in [4.69, 9.17) is 4.74 Å². The highest BCUT2D eigenvalue weighted by atomic mass is 16.5. The first kappa shape index (κ1) is 19.1. The number of rotatable bonds is 4. The van der Waals surface area contributed by atoms with E-state index in [0.29, 0.717) is 17.0 Å². The Bertz CT molecular complexity index is 907. The summed E-state index contributed by atoms with van der Waals surface area (Å²) in [6, 6.07) is 8.84. The maximum atomic E-state index is 12.8. The summed E-state index contributed by atoms with van der Waals surface area (Å²) in [5.41, 5.74) is 2.17. The van der Waals surface area contributed by atoms with E-state index in [9.17, 15) is 15.0 Å². The fraction of sp³-hybridized carbons (Fsp3) is 0.708. The highest BCUT2D eigenvalue weighted by Gasteiger charge is 2.83. The number of carbonyl (C=O) groups excluding carboxylic acids is 1. The highest BCUT2D eigenvalue weighted by Crippen LogP contribution is 2.71. The fourth-order valence-electron chi connectivity index (χ4n) is 9.13. The Kier molecular flexibility index (Phi) is 3.81. The number of likely N-dealkylation sites (N-methyl/N-ethyl adjacent to an activating group) is 1. The lowest BCUT2D eigenvalue weighted by atomic mass is 9.60. The molecule has 2 N–H and O–H groups in total. The van der Waals surface area contributed by atoms with Gasteiger partial charge in [-0.3, -0.25) is 4.48 Å². The number of para-hydroxylation sites is 1. The van der Waals surface area contributed by atoms with E-state index in [1.54, 1.807) is 0 Å². The summed E-state index contributed by atoms with van der Waals surface area (Å²) < 4.78 is 5.81. The van der Waals surface area contributed by atoms with Gasteiger partial charge in [-0.05, 0) is 30.9 Å². The van der Waals surface area contributed by atoms with Gasteiger partial charge in [0.1, 0.15) is 6.04 Å². The minimum absolute atomic E-state index is 0.0954. The van der Waals surface area contributed by atoms with Gasteiger partial charge in [0.25, 0.3) is 0 Å². The summed E-state index contributed by atoms with van der Waals surface area (Å²) in [4.78, 5) is 15.2. The molecule has 4 saturated heterocycles. The van der Waals surface area contributed by atoms with Crippen molar-refractivity contribution < 1.29 is 24.2 Å². The molecule has 0 radical (unpaired) electrons. The van der Waals surface area contributed by atoms with Crippen molar-refractivity contribution in [3.63, 3.8) is 0 Å². The van der Waals surface area contributed by atoms with E-state index in [1.807, 2.05) is 6.92 Å². The van der Waals surface area contributed by atoms with Crippen LogP contribution in [0, 0.1) is 17.8 Å². The number of fused-ring (bicyclic) bond motifs is 2. The summed E-state index contributed by atoms with van der Waals surface area (Å²) in [5.74, 6) is 0.361. The standard InChI is InChI=1S/C24H33N2O4/c1-4-13-14-10-17-21-24(15-8-6-7-9-16(15)25(21)3)11-18(20(14)22(24)28)26(17,23(13)29)12-19(27)30-5-2/h6-9,13-14,17-18,20-23,28-29H,4-5,10-12H2,1-3H3/q+1/t13-,14-,17+,18+,20-,21+,22+,23-,24+,26+/m1/s1. The van der Waals surface area contributed by atoms with E-state index in [1.165, 1.54) is 11.3 Å². The van der Waals surface area contributed by atoms with E-state index in [0.717, 1.165) is 19.3 Å². The number of anilines is 1. The molecule has 1 aromatic rings. The molecule has 1 aromatic carbocycles. The number of aliphatic hydroxyl groups is 2. The second-order valence-electron chi connectivity index (χ2n) is 10.3. The Morgan fingerprint density at radius 1 is 1.27 bits per heavy atom. The van der Waals surface area contributed by atoms with Gasteiger partial charge in [-0.1, -0.05) is 25.1 Å². The van der Waals surface area contributed by atoms with Crippen molar-refractivity contribution in [2.45, 2.75) is 69.0 Å². The van der Waals surface area contributed by atoms with Crippen molar-refractivity contribution in [1.29, 1.82) is 0 Å². The fourth-order valence-corrected chi connectivity index (χ4v) is 9.13. The third-order valence-corrected chi connectivity index (χ3v) is 9.83. The summed E-state index contributed by atoms with van der Waals surface area (Å²) >= 11 is 0. The van der Waals surface area contributed by atoms with Crippen LogP contribution in [0.4, 0.5) is 5.69 Å². The molecular weight excluding hydrogens is 380 g/mol. The molecule has 30 heavy (non-hydrogen) atoms. The van der Waals surface area contributed by atoms with Gasteiger partial charge >= 0.3 is 5.97 Å². The number of benzene rings is 1. The molecule has 5 bridgehead atoms. The number of aliphatic hydroxyl groups excluding tert-OH is 2. The average Bonchev–Trinajstić information content (AvgIpc) is 3.11. The number of esters is 1. The van der Waals surface area contributed by atoms with Crippen molar-refractivity contribution in [3.8, 4) is 0 Å². The molecule has 1 spiro atoms. The van der Waals surface area contributed by atoms with Crippen LogP contribution in [-0.2, 0) is 14.9 Å². The maximum Gasteiger partial charge on any atom is 0.361 e. The molecule has 5 aliphatic heterocycles. The number of hydrogen-bond donors (Lipinski definition) is 2. The number of nitrogens with zero attached hydrogens (tertiary/aromatic N) is 2. The van der Waals surface area contributed by atoms with E-state index >= 15 is 0 Å². The van der Waals surface area contributed by atoms with E-state index < -0.39 is 12.3 Å². The van der Waals surface area contributed by atoms with Gasteiger partial charge < -0.3 is 19.8 Å². The topological polar surface area (TPSA) is 70.0 Å². The summed E-state index contributed by atoms with van der Waals surface area (Å²) in [6.45, 7) is 4.55. The number of hydrogen-bond acceptors (Lipinski definition) is 5. The first-order valence-corrected chi connectivity index (χ1v) is 11.6. The maximum absolute atomic E-state index is 12.8. The Morgan fingerprint density at radius 3 is 2.77 bits per heavy atom. The van der Waals surface area contributed by atoms with Crippen LogP contribution in [0.3, 0.4) is 0 Å². The van der Waals surface area contributed by atoms with Crippen LogP contribution >= 0.6 is 0 Å². The summed E-state index contributed by atoms with van der Waals surface area (Å²) in [6.07, 6.45) is 1.69. The molecule has 0 unspecified atom stereocenters. The SMILES string of the molecule is CCOC(=O)C[N@+]12[C@H](O)[C@H](CC)[C@H]3C[C@H]1[C@@H]1N(C)c4ccccc4[C@@]14C[C@H]2[C@@H]3[C@@H]4O. The summed E-state index contributed by atoms with van der Waals surface area (Å²) in [5, 5.41) is 23.7. The van der Waals surface area contributed by atoms with Gasteiger partial charge in [0.2, 0.25) is 0 Å². The lowest BCUT2D eigenvalue weighted by Gasteiger charge is -2.67. The van der Waals surface area contributed by atoms with Crippen molar-refractivity contribution in [1.82, 2.24) is 0 Å². The molecule has 7 rings (SSSR count). The molecule has 5 heterocycles. The molecule has 1 aliphatic carbocycles. The number of carbonyl (C=O) groups is 1. The molecule has 5 fully saturated rings. The number of ether oxygens (including phenoxy) is 1. The van der Waals surface area contributed by atoms with Crippen molar-refractivity contribution >= 4 is 11.7 Å².